The van der Waals surface area contributed by atoms with Crippen LogP contribution in [-0.2, 0) is 0 Å². The van der Waals surface area contributed by atoms with Crippen molar-refractivity contribution in [2.75, 3.05) is 0 Å². The summed E-state index contributed by atoms with van der Waals surface area (Å²) in [6.45, 7) is 0. The van der Waals surface area contributed by atoms with E-state index < -0.39 is 0 Å². The fourth-order valence-corrected chi connectivity index (χ4v) is 6.05. The third-order valence-electron chi connectivity index (χ3n) is 8.69. The van der Waals surface area contributed by atoms with E-state index in [-0.39, 0.29) is 0 Å². The van der Waals surface area contributed by atoms with Crippen molar-refractivity contribution in [3.8, 4) is 79.5 Å². The normalized spacial score (nSPS) is 11.1. The molecule has 8 nitrogen and oxygen atoms in total. The Morgan fingerprint density at radius 2 is 0.827 bits per heavy atom. The van der Waals surface area contributed by atoms with E-state index in [4.69, 9.17) is 29.9 Å². The summed E-state index contributed by atoms with van der Waals surface area (Å²) in [5.74, 6) is 1.77. The first kappa shape index (κ1) is 30.7. The molecule has 0 spiro atoms. The number of hydrogen-bond acceptors (Lipinski definition) is 8. The zero-order valence-electron chi connectivity index (χ0n) is 27.7. The van der Waals surface area contributed by atoms with Crippen LogP contribution in [0.2, 0.25) is 0 Å². The van der Waals surface area contributed by atoms with Gasteiger partial charge in [-0.25, -0.2) is 24.9 Å². The molecule has 52 heavy (non-hydrogen) atoms. The molecule has 9 aromatic rings. The minimum Gasteiger partial charge on any atom is -0.255 e. The van der Waals surface area contributed by atoms with Gasteiger partial charge >= 0.3 is 0 Å². The summed E-state index contributed by atoms with van der Waals surface area (Å²) in [5.41, 5.74) is 10.3. The number of benzene rings is 3. The van der Waals surface area contributed by atoms with E-state index in [1.807, 2.05) is 121 Å². The molecular formula is C44H28N8. The number of hydrogen-bond donors (Lipinski definition) is 0. The SMILES string of the molecule is c1ccc(-c2nc(-c3ccccc3)nc(-c3ccc(-c4ccc5cc(-c6cc(-c7ccccn7)nc(-c7ccccn7)c6)ccc5n4)nc3)n2)cc1. The first-order valence-corrected chi connectivity index (χ1v) is 16.8. The van der Waals surface area contributed by atoms with Gasteiger partial charge in [-0.15, -0.1) is 0 Å². The van der Waals surface area contributed by atoms with E-state index in [9.17, 15) is 0 Å². The second-order valence-corrected chi connectivity index (χ2v) is 12.1. The Morgan fingerprint density at radius 1 is 0.288 bits per heavy atom. The Balaban J connectivity index is 1.04. The molecule has 6 aromatic heterocycles. The first-order valence-electron chi connectivity index (χ1n) is 16.8. The van der Waals surface area contributed by atoms with Crippen LogP contribution in [0.25, 0.3) is 90.4 Å². The molecule has 8 heteroatoms. The van der Waals surface area contributed by atoms with E-state index in [0.29, 0.717) is 17.5 Å². The predicted molar refractivity (Wildman–Crippen MR) is 204 cm³/mol. The van der Waals surface area contributed by atoms with Crippen LogP contribution in [0.15, 0.2) is 170 Å². The van der Waals surface area contributed by atoms with Crippen molar-refractivity contribution in [2.45, 2.75) is 0 Å². The van der Waals surface area contributed by atoms with Crippen molar-refractivity contribution in [2.24, 2.45) is 0 Å². The fraction of sp³-hybridized carbons (Fsp3) is 0. The van der Waals surface area contributed by atoms with Gasteiger partial charge in [0.25, 0.3) is 0 Å². The van der Waals surface area contributed by atoms with Gasteiger partial charge in [-0.2, -0.15) is 0 Å². The minimum absolute atomic E-state index is 0.555. The molecule has 9 rings (SSSR count). The Morgan fingerprint density at radius 3 is 1.38 bits per heavy atom. The molecule has 0 fully saturated rings. The lowest BCUT2D eigenvalue weighted by Gasteiger charge is -2.11. The third-order valence-corrected chi connectivity index (χ3v) is 8.69. The number of rotatable bonds is 7. The first-order chi connectivity index (χ1) is 25.7. The van der Waals surface area contributed by atoms with Crippen molar-refractivity contribution in [3.05, 3.63) is 170 Å². The maximum absolute atomic E-state index is 4.98. The smallest absolute Gasteiger partial charge is 0.165 e. The second-order valence-electron chi connectivity index (χ2n) is 12.1. The van der Waals surface area contributed by atoms with Gasteiger partial charge in [-0.3, -0.25) is 15.0 Å². The Labute approximate surface area is 299 Å². The van der Waals surface area contributed by atoms with Crippen molar-refractivity contribution >= 4 is 10.9 Å². The highest BCUT2D eigenvalue weighted by Gasteiger charge is 2.14. The van der Waals surface area contributed by atoms with Crippen molar-refractivity contribution in [3.63, 3.8) is 0 Å². The van der Waals surface area contributed by atoms with E-state index in [2.05, 4.69) is 40.3 Å². The zero-order chi connectivity index (χ0) is 34.7. The fourth-order valence-electron chi connectivity index (χ4n) is 6.05. The molecular weight excluding hydrogens is 641 g/mol. The summed E-state index contributed by atoms with van der Waals surface area (Å²) < 4.78 is 0. The Kier molecular flexibility index (Phi) is 7.99. The van der Waals surface area contributed by atoms with E-state index in [1.54, 1.807) is 18.6 Å². The number of fused-ring (bicyclic) bond motifs is 1. The van der Waals surface area contributed by atoms with Crippen molar-refractivity contribution in [1.82, 2.24) is 39.9 Å². The standard InChI is InChI=1S/C44H28N8/c1-3-11-29(12-4-1)42-50-43(30-13-5-2-6-14-30)52-44(51-42)33-19-21-38(47-28-33)39-22-18-32-25-31(17-20-35(32)48-39)34-26-40(36-15-7-9-23-45-36)49-41(27-34)37-16-8-10-24-46-37/h1-28H. The number of nitrogens with zero attached hydrogens (tertiary/aromatic N) is 8. The summed E-state index contributed by atoms with van der Waals surface area (Å²) in [5, 5.41) is 1.01. The summed E-state index contributed by atoms with van der Waals surface area (Å²) >= 11 is 0. The van der Waals surface area contributed by atoms with Gasteiger partial charge in [0.15, 0.2) is 17.5 Å². The maximum Gasteiger partial charge on any atom is 0.165 e. The molecule has 0 N–H and O–H groups in total. The van der Waals surface area contributed by atoms with Crippen LogP contribution in [0, 0.1) is 0 Å². The number of aromatic nitrogens is 8. The molecule has 6 heterocycles. The average Bonchev–Trinajstić information content (AvgIpc) is 3.24. The van der Waals surface area contributed by atoms with Crippen LogP contribution in [0.1, 0.15) is 0 Å². The highest BCUT2D eigenvalue weighted by atomic mass is 15.0. The van der Waals surface area contributed by atoms with Crippen molar-refractivity contribution in [1.29, 1.82) is 0 Å². The van der Waals surface area contributed by atoms with Gasteiger partial charge < -0.3 is 0 Å². The zero-order valence-corrected chi connectivity index (χ0v) is 27.7. The van der Waals surface area contributed by atoms with E-state index in [1.165, 1.54) is 0 Å². The molecule has 0 atom stereocenters. The maximum atomic E-state index is 4.98. The molecule has 0 aliphatic rings. The van der Waals surface area contributed by atoms with Crippen LogP contribution < -0.4 is 0 Å². The molecule has 0 aliphatic carbocycles. The highest BCUT2D eigenvalue weighted by Crippen LogP contribution is 2.32. The predicted octanol–water partition coefficient (Wildman–Crippen LogP) is 9.67. The van der Waals surface area contributed by atoms with Gasteiger partial charge in [0, 0.05) is 40.7 Å². The summed E-state index contributed by atoms with van der Waals surface area (Å²) in [6, 6.07) is 50.0. The van der Waals surface area contributed by atoms with Crippen LogP contribution >= 0.6 is 0 Å². The van der Waals surface area contributed by atoms with Crippen LogP contribution in [0.5, 0.6) is 0 Å². The molecule has 0 radical (unpaired) electrons. The lowest BCUT2D eigenvalue weighted by atomic mass is 10.0. The van der Waals surface area contributed by atoms with Crippen LogP contribution in [-0.4, -0.2) is 39.9 Å². The second kappa shape index (κ2) is 13.5. The molecule has 0 unspecified atom stereocenters. The van der Waals surface area contributed by atoms with Gasteiger partial charge in [0.1, 0.15) is 0 Å². The molecule has 244 valence electrons. The van der Waals surface area contributed by atoms with Crippen molar-refractivity contribution < 1.29 is 0 Å². The Bertz CT molecular complexity index is 2540. The molecule has 0 saturated heterocycles. The summed E-state index contributed by atoms with van der Waals surface area (Å²) in [7, 11) is 0. The molecule has 0 bridgehead atoms. The lowest BCUT2D eigenvalue weighted by molar-refractivity contribution is 1.07. The highest BCUT2D eigenvalue weighted by molar-refractivity contribution is 5.87. The minimum atomic E-state index is 0.555. The largest absolute Gasteiger partial charge is 0.255 e. The summed E-state index contributed by atoms with van der Waals surface area (Å²) in [4.78, 5) is 38.3. The lowest BCUT2D eigenvalue weighted by Crippen LogP contribution is -2.00. The van der Waals surface area contributed by atoms with Gasteiger partial charge in [0.05, 0.1) is 39.7 Å². The topological polar surface area (TPSA) is 103 Å². The van der Waals surface area contributed by atoms with E-state index >= 15 is 0 Å². The Hall–Kier alpha value is -7.32. The van der Waals surface area contributed by atoms with Gasteiger partial charge in [-0.05, 0) is 77.9 Å². The van der Waals surface area contributed by atoms with E-state index in [0.717, 1.165) is 72.9 Å². The molecule has 0 amide bonds. The third kappa shape index (κ3) is 6.28. The van der Waals surface area contributed by atoms with Crippen LogP contribution in [0.3, 0.4) is 0 Å². The average molecular weight is 669 g/mol. The quantitative estimate of drug-likeness (QED) is 0.165. The molecule has 3 aromatic carbocycles. The number of pyridine rings is 5. The molecule has 0 aliphatic heterocycles. The van der Waals surface area contributed by atoms with Gasteiger partial charge in [-0.1, -0.05) is 84.9 Å². The van der Waals surface area contributed by atoms with Gasteiger partial charge in [0.2, 0.25) is 0 Å². The monoisotopic (exact) mass is 668 g/mol. The molecule has 0 saturated carbocycles. The van der Waals surface area contributed by atoms with Crippen LogP contribution in [0.4, 0.5) is 0 Å². The summed E-state index contributed by atoms with van der Waals surface area (Å²) in [6.07, 6.45) is 5.36.